The van der Waals surface area contributed by atoms with Gasteiger partial charge in [-0.2, -0.15) is 0 Å². The Balaban J connectivity index is 1.54. The van der Waals surface area contributed by atoms with Crippen LogP contribution in [0.4, 0.5) is 4.39 Å². The molecule has 1 aliphatic rings. The maximum Gasteiger partial charge on any atom is 0.245 e. The summed E-state index contributed by atoms with van der Waals surface area (Å²) in [5.41, 5.74) is 1.73. The molecule has 2 aromatic carbocycles. The maximum atomic E-state index is 12.9. The lowest BCUT2D eigenvalue weighted by Gasteiger charge is -2.34. The molecule has 1 fully saturated rings. The van der Waals surface area contributed by atoms with Crippen LogP contribution in [0.5, 0.6) is 0 Å². The van der Waals surface area contributed by atoms with Gasteiger partial charge in [-0.1, -0.05) is 42.5 Å². The highest BCUT2D eigenvalue weighted by Gasteiger charge is 2.28. The van der Waals surface area contributed by atoms with Gasteiger partial charge in [-0.15, -0.1) is 0 Å². The van der Waals surface area contributed by atoms with Gasteiger partial charge in [0.2, 0.25) is 11.8 Å². The topological polar surface area (TPSA) is 58.6 Å². The average molecular weight is 370 g/mol. The molecule has 0 saturated carbocycles. The van der Waals surface area contributed by atoms with E-state index in [0.29, 0.717) is 25.3 Å². The van der Waals surface area contributed by atoms with E-state index in [1.807, 2.05) is 30.3 Å². The van der Waals surface area contributed by atoms with Crippen molar-refractivity contribution in [3.05, 3.63) is 71.5 Å². The number of amides is 2. The maximum absolute atomic E-state index is 12.9. The quantitative estimate of drug-likeness (QED) is 0.880. The second kappa shape index (κ2) is 8.77. The van der Waals surface area contributed by atoms with E-state index in [-0.39, 0.29) is 30.2 Å². The van der Waals surface area contributed by atoms with Crippen molar-refractivity contribution in [2.45, 2.75) is 25.5 Å². The summed E-state index contributed by atoms with van der Waals surface area (Å²) >= 11 is 0. The van der Waals surface area contributed by atoms with Crippen LogP contribution in [0.2, 0.25) is 0 Å². The van der Waals surface area contributed by atoms with Gasteiger partial charge < -0.3 is 15.0 Å². The smallest absolute Gasteiger partial charge is 0.245 e. The molecule has 1 N–H and O–H groups in total. The van der Waals surface area contributed by atoms with Gasteiger partial charge in [-0.3, -0.25) is 9.59 Å². The van der Waals surface area contributed by atoms with E-state index in [4.69, 9.17) is 4.74 Å². The Hall–Kier alpha value is -2.73. The molecule has 3 rings (SSSR count). The Bertz CT molecular complexity index is 780. The molecule has 0 aliphatic carbocycles. The molecule has 142 valence electrons. The second-order valence-corrected chi connectivity index (χ2v) is 6.65. The van der Waals surface area contributed by atoms with Crippen LogP contribution in [0.3, 0.4) is 0 Å². The second-order valence-electron chi connectivity index (χ2n) is 6.65. The minimum atomic E-state index is -0.632. The molecule has 5 nitrogen and oxygen atoms in total. The van der Waals surface area contributed by atoms with Gasteiger partial charge >= 0.3 is 0 Å². The summed E-state index contributed by atoms with van der Waals surface area (Å²) < 4.78 is 18.7. The van der Waals surface area contributed by atoms with Crippen molar-refractivity contribution in [3.8, 4) is 0 Å². The number of carbonyl (C=O) groups is 2. The van der Waals surface area contributed by atoms with E-state index < -0.39 is 6.04 Å². The summed E-state index contributed by atoms with van der Waals surface area (Å²) in [5, 5.41) is 2.73. The highest BCUT2D eigenvalue weighted by molar-refractivity contribution is 5.88. The Labute approximate surface area is 158 Å². The molecule has 0 aromatic heterocycles. The van der Waals surface area contributed by atoms with Crippen LogP contribution in [0, 0.1) is 5.82 Å². The lowest BCUT2D eigenvalue weighted by Crippen LogP contribution is -2.51. The number of hydrogen-bond acceptors (Lipinski definition) is 3. The van der Waals surface area contributed by atoms with Crippen molar-refractivity contribution in [2.24, 2.45) is 0 Å². The van der Waals surface area contributed by atoms with Crippen molar-refractivity contribution < 1.29 is 18.7 Å². The average Bonchev–Trinajstić information content (AvgIpc) is 2.70. The summed E-state index contributed by atoms with van der Waals surface area (Å²) in [5.74, 6) is -0.745. The first kappa shape index (κ1) is 19.0. The van der Waals surface area contributed by atoms with Crippen LogP contribution in [-0.2, 0) is 20.7 Å². The first-order chi connectivity index (χ1) is 13.0. The molecule has 0 spiro atoms. The molecule has 6 heteroatoms. The fourth-order valence-corrected chi connectivity index (χ4v) is 3.13. The van der Waals surface area contributed by atoms with Crippen molar-refractivity contribution in [1.29, 1.82) is 0 Å². The number of benzene rings is 2. The molecular weight excluding hydrogens is 347 g/mol. The highest BCUT2D eigenvalue weighted by Crippen LogP contribution is 2.22. The van der Waals surface area contributed by atoms with Gasteiger partial charge in [0.25, 0.3) is 0 Å². The zero-order chi connectivity index (χ0) is 19.2. The Morgan fingerprint density at radius 2 is 1.89 bits per heavy atom. The number of halogens is 1. The number of ether oxygens (including phenoxy) is 1. The van der Waals surface area contributed by atoms with Crippen molar-refractivity contribution in [3.63, 3.8) is 0 Å². The standard InChI is InChI=1S/C21H23FN2O3/c1-15(23-20(25)13-16-7-9-18(22)10-8-16)21(26)24-11-12-27-19(14-24)17-5-3-2-4-6-17/h2-10,15,19H,11-14H2,1H3,(H,23,25)/t15-,19?/m0/s1. The largest absolute Gasteiger partial charge is 0.370 e. The van der Waals surface area contributed by atoms with Gasteiger partial charge in [-0.05, 0) is 30.2 Å². The summed E-state index contributed by atoms with van der Waals surface area (Å²) in [6.07, 6.45) is -0.0563. The fraction of sp³-hybridized carbons (Fsp3) is 0.333. The minimum Gasteiger partial charge on any atom is -0.370 e. The zero-order valence-corrected chi connectivity index (χ0v) is 15.2. The summed E-state index contributed by atoms with van der Waals surface area (Å²) in [4.78, 5) is 26.6. The lowest BCUT2D eigenvalue weighted by atomic mass is 10.1. The van der Waals surface area contributed by atoms with Crippen molar-refractivity contribution in [1.82, 2.24) is 10.2 Å². The first-order valence-electron chi connectivity index (χ1n) is 9.02. The van der Waals surface area contributed by atoms with Crippen LogP contribution in [-0.4, -0.2) is 42.5 Å². The van der Waals surface area contributed by atoms with E-state index >= 15 is 0 Å². The van der Waals surface area contributed by atoms with E-state index in [0.717, 1.165) is 5.56 Å². The minimum absolute atomic E-state index is 0.105. The van der Waals surface area contributed by atoms with Gasteiger partial charge in [0, 0.05) is 6.54 Å². The molecule has 0 radical (unpaired) electrons. The molecule has 2 aromatic rings. The number of nitrogens with zero attached hydrogens (tertiary/aromatic N) is 1. The van der Waals surface area contributed by atoms with E-state index in [1.54, 1.807) is 24.0 Å². The highest BCUT2D eigenvalue weighted by atomic mass is 19.1. The number of hydrogen-bond donors (Lipinski definition) is 1. The monoisotopic (exact) mass is 370 g/mol. The number of carbonyl (C=O) groups excluding carboxylic acids is 2. The normalized spacial score (nSPS) is 18.0. The Morgan fingerprint density at radius 1 is 1.19 bits per heavy atom. The van der Waals surface area contributed by atoms with Gasteiger partial charge in [0.1, 0.15) is 18.0 Å². The van der Waals surface area contributed by atoms with Crippen LogP contribution in [0.1, 0.15) is 24.2 Å². The third-order valence-corrected chi connectivity index (χ3v) is 4.58. The molecule has 2 atom stereocenters. The molecular formula is C21H23FN2O3. The van der Waals surface area contributed by atoms with Crippen molar-refractivity contribution in [2.75, 3.05) is 19.7 Å². The molecule has 1 saturated heterocycles. The first-order valence-corrected chi connectivity index (χ1v) is 9.02. The van der Waals surface area contributed by atoms with Gasteiger partial charge in [0.15, 0.2) is 0 Å². The number of nitrogens with one attached hydrogen (secondary N) is 1. The Morgan fingerprint density at radius 3 is 2.59 bits per heavy atom. The van der Waals surface area contributed by atoms with Crippen LogP contribution in [0.15, 0.2) is 54.6 Å². The van der Waals surface area contributed by atoms with Crippen molar-refractivity contribution >= 4 is 11.8 Å². The van der Waals surface area contributed by atoms with Crippen LogP contribution in [0.25, 0.3) is 0 Å². The van der Waals surface area contributed by atoms with Crippen LogP contribution >= 0.6 is 0 Å². The number of rotatable bonds is 5. The SMILES string of the molecule is C[C@H](NC(=O)Cc1ccc(F)cc1)C(=O)N1CCOC(c2ccccc2)C1. The number of morpholine rings is 1. The molecule has 1 aliphatic heterocycles. The zero-order valence-electron chi connectivity index (χ0n) is 15.2. The summed E-state index contributed by atoms with van der Waals surface area (Å²) in [7, 11) is 0. The predicted molar refractivity (Wildman–Crippen MR) is 99.4 cm³/mol. The van der Waals surface area contributed by atoms with Crippen LogP contribution < -0.4 is 5.32 Å². The Kier molecular flexibility index (Phi) is 6.19. The summed E-state index contributed by atoms with van der Waals surface area (Å²) in [6.45, 7) is 3.10. The third-order valence-electron chi connectivity index (χ3n) is 4.58. The van der Waals surface area contributed by atoms with E-state index in [1.165, 1.54) is 12.1 Å². The molecule has 1 unspecified atom stereocenters. The molecule has 2 amide bonds. The summed E-state index contributed by atoms with van der Waals surface area (Å²) in [6, 6.07) is 14.9. The van der Waals surface area contributed by atoms with Gasteiger partial charge in [0.05, 0.1) is 19.6 Å². The lowest BCUT2D eigenvalue weighted by molar-refractivity contribution is -0.142. The van der Waals surface area contributed by atoms with Gasteiger partial charge in [-0.25, -0.2) is 4.39 Å². The molecule has 0 bridgehead atoms. The fourth-order valence-electron chi connectivity index (χ4n) is 3.13. The molecule has 27 heavy (non-hydrogen) atoms. The predicted octanol–water partition coefficient (Wildman–Crippen LogP) is 2.47. The van der Waals surface area contributed by atoms with E-state index in [2.05, 4.69) is 5.32 Å². The van der Waals surface area contributed by atoms with E-state index in [9.17, 15) is 14.0 Å². The molecule has 1 heterocycles. The third kappa shape index (κ3) is 5.14.